The Hall–Kier alpha value is -1.51. The monoisotopic (exact) mass is 395 g/mol. The SMILES string of the molecule is CC(C)c1ccc(-c2csc(NC(=S)N[C@H]3CCS(=O)(=O)C3)n2)cc1. The molecular formula is C17H21N3O2S3. The van der Waals surface area contributed by atoms with Gasteiger partial charge in [0.1, 0.15) is 0 Å². The van der Waals surface area contributed by atoms with E-state index in [1.807, 2.05) is 5.38 Å². The summed E-state index contributed by atoms with van der Waals surface area (Å²) in [6.45, 7) is 4.34. The smallest absolute Gasteiger partial charge is 0.189 e. The predicted molar refractivity (Wildman–Crippen MR) is 108 cm³/mol. The molecule has 0 saturated carbocycles. The molecule has 25 heavy (non-hydrogen) atoms. The van der Waals surface area contributed by atoms with E-state index in [2.05, 4.69) is 53.7 Å². The number of hydrogen-bond acceptors (Lipinski definition) is 5. The van der Waals surface area contributed by atoms with Gasteiger partial charge in [0.05, 0.1) is 17.2 Å². The fourth-order valence-electron chi connectivity index (χ4n) is 2.73. The number of thiocarbonyl (C=S) groups is 1. The minimum Gasteiger partial charge on any atom is -0.359 e. The summed E-state index contributed by atoms with van der Waals surface area (Å²) in [4.78, 5) is 4.56. The summed E-state index contributed by atoms with van der Waals surface area (Å²) in [5, 5.41) is 9.20. The molecule has 0 unspecified atom stereocenters. The zero-order valence-corrected chi connectivity index (χ0v) is 16.6. The van der Waals surface area contributed by atoms with Crippen molar-refractivity contribution in [2.45, 2.75) is 32.2 Å². The molecule has 8 heteroatoms. The molecular weight excluding hydrogens is 374 g/mol. The van der Waals surface area contributed by atoms with E-state index in [0.717, 1.165) is 11.3 Å². The van der Waals surface area contributed by atoms with Crippen LogP contribution >= 0.6 is 23.6 Å². The zero-order chi connectivity index (χ0) is 18.0. The highest BCUT2D eigenvalue weighted by atomic mass is 32.2. The molecule has 1 aliphatic rings. The quantitative estimate of drug-likeness (QED) is 0.773. The van der Waals surface area contributed by atoms with Crippen molar-refractivity contribution in [3.63, 3.8) is 0 Å². The number of sulfone groups is 1. The van der Waals surface area contributed by atoms with E-state index in [1.165, 1.54) is 16.9 Å². The van der Waals surface area contributed by atoms with Crippen LogP contribution in [0.25, 0.3) is 11.3 Å². The van der Waals surface area contributed by atoms with Gasteiger partial charge in [0, 0.05) is 17.0 Å². The average molecular weight is 396 g/mol. The number of nitrogens with one attached hydrogen (secondary N) is 2. The Bertz CT molecular complexity index is 858. The lowest BCUT2D eigenvalue weighted by Gasteiger charge is -2.13. The van der Waals surface area contributed by atoms with Gasteiger partial charge in [0.15, 0.2) is 20.1 Å². The third-order valence-electron chi connectivity index (χ3n) is 4.17. The van der Waals surface area contributed by atoms with Crippen molar-refractivity contribution in [2.24, 2.45) is 0 Å². The van der Waals surface area contributed by atoms with Gasteiger partial charge in [-0.25, -0.2) is 13.4 Å². The molecule has 0 aliphatic carbocycles. The lowest BCUT2D eigenvalue weighted by molar-refractivity contribution is 0.600. The van der Waals surface area contributed by atoms with Crippen LogP contribution < -0.4 is 10.6 Å². The first-order valence-electron chi connectivity index (χ1n) is 8.16. The minimum absolute atomic E-state index is 0.118. The van der Waals surface area contributed by atoms with Crippen LogP contribution in [0.5, 0.6) is 0 Å². The van der Waals surface area contributed by atoms with Gasteiger partial charge < -0.3 is 10.6 Å². The van der Waals surface area contributed by atoms with Crippen molar-refractivity contribution < 1.29 is 8.42 Å². The number of hydrogen-bond donors (Lipinski definition) is 2. The topological polar surface area (TPSA) is 71.1 Å². The van der Waals surface area contributed by atoms with E-state index in [0.29, 0.717) is 22.6 Å². The second-order valence-electron chi connectivity index (χ2n) is 6.51. The normalized spacial score (nSPS) is 19.1. The lowest BCUT2D eigenvalue weighted by Crippen LogP contribution is -2.38. The third-order valence-corrected chi connectivity index (χ3v) is 6.91. The van der Waals surface area contributed by atoms with Crippen LogP contribution in [0, 0.1) is 0 Å². The summed E-state index contributed by atoms with van der Waals surface area (Å²) < 4.78 is 23.0. The van der Waals surface area contributed by atoms with E-state index in [1.54, 1.807) is 0 Å². The molecule has 0 radical (unpaired) electrons. The molecule has 0 amide bonds. The fourth-order valence-corrected chi connectivity index (χ4v) is 5.46. The van der Waals surface area contributed by atoms with Crippen LogP contribution in [0.15, 0.2) is 29.6 Å². The van der Waals surface area contributed by atoms with Crippen molar-refractivity contribution in [2.75, 3.05) is 16.8 Å². The number of rotatable bonds is 4. The van der Waals surface area contributed by atoms with E-state index < -0.39 is 9.84 Å². The van der Waals surface area contributed by atoms with E-state index in [-0.39, 0.29) is 17.5 Å². The molecule has 2 heterocycles. The number of thiazole rings is 1. The summed E-state index contributed by atoms with van der Waals surface area (Å²) in [5.74, 6) is 0.867. The summed E-state index contributed by atoms with van der Waals surface area (Å²) >= 11 is 6.74. The number of anilines is 1. The Morgan fingerprint density at radius 3 is 2.64 bits per heavy atom. The van der Waals surface area contributed by atoms with Gasteiger partial charge in [-0.2, -0.15) is 0 Å². The van der Waals surface area contributed by atoms with Crippen molar-refractivity contribution >= 4 is 43.6 Å². The first kappa shape index (κ1) is 18.3. The molecule has 3 rings (SSSR count). The molecule has 1 atom stereocenters. The Labute approximate surface area is 157 Å². The molecule has 1 saturated heterocycles. The highest BCUT2D eigenvalue weighted by Crippen LogP contribution is 2.26. The first-order valence-corrected chi connectivity index (χ1v) is 11.3. The van der Waals surface area contributed by atoms with Gasteiger partial charge in [0.25, 0.3) is 0 Å². The van der Waals surface area contributed by atoms with Crippen molar-refractivity contribution in [1.82, 2.24) is 10.3 Å². The molecule has 1 aromatic carbocycles. The Balaban J connectivity index is 1.60. The number of benzene rings is 1. The van der Waals surface area contributed by atoms with E-state index >= 15 is 0 Å². The highest BCUT2D eigenvalue weighted by molar-refractivity contribution is 7.91. The maximum atomic E-state index is 11.5. The Morgan fingerprint density at radius 2 is 2.04 bits per heavy atom. The molecule has 1 aromatic heterocycles. The lowest BCUT2D eigenvalue weighted by atomic mass is 10.0. The molecule has 0 bridgehead atoms. The molecule has 5 nitrogen and oxygen atoms in total. The summed E-state index contributed by atoms with van der Waals surface area (Å²) in [7, 11) is -2.92. The standard InChI is InChI=1S/C17H21N3O2S3/c1-11(2)12-3-5-13(6-4-12)15-9-24-17(19-15)20-16(23)18-14-7-8-25(21,22)10-14/h3-6,9,11,14H,7-8,10H2,1-2H3,(H2,18,19,20,23)/t14-/m0/s1. The van der Waals surface area contributed by atoms with Gasteiger partial charge >= 0.3 is 0 Å². The maximum absolute atomic E-state index is 11.5. The molecule has 2 aromatic rings. The predicted octanol–water partition coefficient (Wildman–Crippen LogP) is 3.41. The summed E-state index contributed by atoms with van der Waals surface area (Å²) in [6, 6.07) is 8.29. The van der Waals surface area contributed by atoms with Crippen molar-refractivity contribution in [1.29, 1.82) is 0 Å². The van der Waals surface area contributed by atoms with Crippen LogP contribution in [-0.4, -0.2) is 36.1 Å². The molecule has 1 aliphatic heterocycles. The molecule has 2 N–H and O–H groups in total. The van der Waals surface area contributed by atoms with Gasteiger partial charge in [0.2, 0.25) is 0 Å². The minimum atomic E-state index is -2.92. The van der Waals surface area contributed by atoms with Crippen LogP contribution in [0.2, 0.25) is 0 Å². The Morgan fingerprint density at radius 1 is 1.32 bits per heavy atom. The van der Waals surface area contributed by atoms with Crippen LogP contribution in [0.3, 0.4) is 0 Å². The fraction of sp³-hybridized carbons (Fsp3) is 0.412. The van der Waals surface area contributed by atoms with Crippen LogP contribution in [0.1, 0.15) is 31.7 Å². The van der Waals surface area contributed by atoms with E-state index in [4.69, 9.17) is 12.2 Å². The molecule has 134 valence electrons. The molecule has 1 fully saturated rings. The molecule has 0 spiro atoms. The zero-order valence-electron chi connectivity index (χ0n) is 14.2. The second kappa shape index (κ2) is 7.39. The largest absolute Gasteiger partial charge is 0.359 e. The van der Waals surface area contributed by atoms with Gasteiger partial charge in [-0.3, -0.25) is 0 Å². The summed E-state index contributed by atoms with van der Waals surface area (Å²) in [6.07, 6.45) is 0.593. The van der Waals surface area contributed by atoms with Gasteiger partial charge in [-0.1, -0.05) is 38.1 Å². The van der Waals surface area contributed by atoms with Crippen molar-refractivity contribution in [3.8, 4) is 11.3 Å². The van der Waals surface area contributed by atoms with Crippen LogP contribution in [0.4, 0.5) is 5.13 Å². The third kappa shape index (κ3) is 4.77. The average Bonchev–Trinajstić information content (AvgIpc) is 3.13. The second-order valence-corrected chi connectivity index (χ2v) is 10.0. The first-order chi connectivity index (χ1) is 11.8. The van der Waals surface area contributed by atoms with Gasteiger partial charge in [-0.15, -0.1) is 11.3 Å². The maximum Gasteiger partial charge on any atom is 0.189 e. The summed E-state index contributed by atoms with van der Waals surface area (Å²) in [5.41, 5.74) is 3.26. The number of aromatic nitrogens is 1. The van der Waals surface area contributed by atoms with Gasteiger partial charge in [-0.05, 0) is 30.1 Å². The van der Waals surface area contributed by atoms with E-state index in [9.17, 15) is 8.42 Å². The highest BCUT2D eigenvalue weighted by Gasteiger charge is 2.28. The number of nitrogens with zero attached hydrogens (tertiary/aromatic N) is 1. The van der Waals surface area contributed by atoms with Crippen molar-refractivity contribution in [3.05, 3.63) is 35.2 Å². The van der Waals surface area contributed by atoms with Crippen LogP contribution in [-0.2, 0) is 9.84 Å². The Kier molecular flexibility index (Phi) is 5.41.